The molecule has 86 valence electrons. The number of hydrogen-bond donors (Lipinski definition) is 0. The molecule has 14 heavy (non-hydrogen) atoms. The summed E-state index contributed by atoms with van der Waals surface area (Å²) in [4.78, 5) is 0. The molecule has 0 aliphatic heterocycles. The van der Waals surface area contributed by atoms with E-state index in [-0.39, 0.29) is 38.7 Å². The van der Waals surface area contributed by atoms with Crippen LogP contribution in [0.3, 0.4) is 0 Å². The van der Waals surface area contributed by atoms with Crippen LogP contribution in [0, 0.1) is 38.5 Å². The third-order valence-electron chi connectivity index (χ3n) is 0. The Bertz CT molecular complexity index is 38.8. The fourth-order valence-electron chi connectivity index (χ4n) is 0. The molecule has 0 amide bonds. The first-order chi connectivity index (χ1) is 5.20. The zero-order valence-electron chi connectivity index (χ0n) is 10.7. The van der Waals surface area contributed by atoms with Gasteiger partial charge in [0.25, 0.3) is 0 Å². The molecule has 0 saturated carbocycles. The summed E-state index contributed by atoms with van der Waals surface area (Å²) in [6.07, 6.45) is 0. The van der Waals surface area contributed by atoms with E-state index in [4.69, 9.17) is 0 Å². The molecule has 0 aromatic heterocycles. The predicted octanol–water partition coefficient (Wildman–Crippen LogP) is 1.43. The normalized spacial score (nSPS) is 7.71. The molecule has 2 heteroatoms. The molecule has 0 aromatic carbocycles. The van der Waals surface area contributed by atoms with Crippen LogP contribution >= 0.6 is 0 Å². The van der Waals surface area contributed by atoms with Gasteiger partial charge in [-0.05, 0) is 0 Å². The summed E-state index contributed by atoms with van der Waals surface area (Å²) >= 11 is 0. The van der Waals surface area contributed by atoms with Crippen molar-refractivity contribution in [3.05, 3.63) is 20.8 Å². The zero-order chi connectivity index (χ0) is 10.7. The van der Waals surface area contributed by atoms with Gasteiger partial charge in [0.05, 0.1) is 0 Å². The van der Waals surface area contributed by atoms with Gasteiger partial charge < -0.3 is 37.8 Å². The molecule has 0 atom stereocenters. The monoisotopic (exact) mass is 298 g/mol. The summed E-state index contributed by atoms with van der Waals surface area (Å²) < 4.78 is 0. The topological polar surface area (TPSA) is 0 Å². The largest absolute Gasteiger partial charge is 4.00 e. The first-order valence-corrected chi connectivity index (χ1v) is 4.69. The number of hydrogen-bond acceptors (Lipinski definition) is 0. The van der Waals surface area contributed by atoms with E-state index < -0.39 is 0 Å². The van der Waals surface area contributed by atoms with E-state index >= 15 is 0 Å². The number of halogens is 1. The average Bonchev–Trinajstić information content (AvgIpc) is 1.54. The minimum Gasteiger partial charge on any atom is -1.00 e. The summed E-state index contributed by atoms with van der Waals surface area (Å²) in [5.74, 6) is 1.75. The van der Waals surface area contributed by atoms with Gasteiger partial charge in [-0.15, -0.1) is 0 Å². The first-order valence-electron chi connectivity index (χ1n) is 4.69. The molecular weight excluding hydrogens is 272 g/mol. The quantitative estimate of drug-likeness (QED) is 0.469. The van der Waals surface area contributed by atoms with Crippen LogP contribution in [0.25, 0.3) is 0 Å². The van der Waals surface area contributed by atoms with Gasteiger partial charge in [0.2, 0.25) is 0 Å². The van der Waals surface area contributed by atoms with Crippen LogP contribution in [-0.4, -0.2) is 0 Å². The fourth-order valence-corrected chi connectivity index (χ4v) is 0. The second-order valence-electron chi connectivity index (χ2n) is 4.18. The Morgan fingerprint density at radius 3 is 0.571 bits per heavy atom. The molecule has 0 spiro atoms. The van der Waals surface area contributed by atoms with Crippen LogP contribution in [0.5, 0.6) is 0 Å². The van der Waals surface area contributed by atoms with Gasteiger partial charge in [-0.2, -0.15) is 17.8 Å². The Morgan fingerprint density at radius 2 is 0.571 bits per heavy atom. The molecule has 0 heterocycles. The molecule has 0 aliphatic rings. The van der Waals surface area contributed by atoms with Crippen molar-refractivity contribution in [2.45, 2.75) is 41.5 Å². The maximum absolute atomic E-state index is 3.64. The van der Waals surface area contributed by atoms with Crippen molar-refractivity contribution in [3.8, 4) is 0 Å². The average molecular weight is 299 g/mol. The van der Waals surface area contributed by atoms with E-state index in [9.17, 15) is 0 Å². The van der Waals surface area contributed by atoms with Crippen molar-refractivity contribution in [1.29, 1.82) is 0 Å². The van der Waals surface area contributed by atoms with Gasteiger partial charge >= 0.3 is 21.7 Å². The van der Waals surface area contributed by atoms with Gasteiger partial charge in [-0.1, -0.05) is 41.5 Å². The second kappa shape index (κ2) is 23.8. The Morgan fingerprint density at radius 1 is 0.571 bits per heavy atom. The summed E-state index contributed by atoms with van der Waals surface area (Å²) in [6, 6.07) is 0. The summed E-state index contributed by atoms with van der Waals surface area (Å²) in [6.45, 7) is 23.2. The molecule has 0 radical (unpaired) electrons. The summed E-state index contributed by atoms with van der Waals surface area (Å²) in [7, 11) is 0. The smallest absolute Gasteiger partial charge is 1.00 e. The van der Waals surface area contributed by atoms with E-state index in [1.54, 1.807) is 0 Å². The van der Waals surface area contributed by atoms with E-state index in [1.807, 2.05) is 0 Å². The molecule has 0 saturated heterocycles. The molecule has 0 aromatic rings. The fraction of sp³-hybridized carbons (Fsp3) is 0.750. The summed E-state index contributed by atoms with van der Waals surface area (Å²) in [5.41, 5.74) is 0. The van der Waals surface area contributed by atoms with E-state index in [0.717, 1.165) is 0 Å². The van der Waals surface area contributed by atoms with Crippen molar-refractivity contribution in [1.82, 2.24) is 0 Å². The van der Waals surface area contributed by atoms with Gasteiger partial charge in [-0.3, -0.25) is 0 Å². The van der Waals surface area contributed by atoms with Crippen LogP contribution < -0.4 is 17.0 Å². The van der Waals surface area contributed by atoms with Crippen LogP contribution in [0.1, 0.15) is 41.5 Å². The van der Waals surface area contributed by atoms with Crippen LogP contribution in [0.15, 0.2) is 0 Å². The Hall–Kier alpha value is 1.19. The third-order valence-corrected chi connectivity index (χ3v) is 0. The molecule has 0 nitrogen and oxygen atoms in total. The molecular formula is C12H27BrTi. The van der Waals surface area contributed by atoms with E-state index in [0.29, 0.717) is 17.8 Å². The minimum absolute atomic E-state index is 0. The van der Waals surface area contributed by atoms with Crippen molar-refractivity contribution >= 4 is 0 Å². The Kier molecular flexibility index (Phi) is 50.0. The molecule has 0 N–H and O–H groups in total. The second-order valence-corrected chi connectivity index (χ2v) is 4.18. The van der Waals surface area contributed by atoms with Crippen molar-refractivity contribution in [2.75, 3.05) is 0 Å². The van der Waals surface area contributed by atoms with Crippen LogP contribution in [-0.2, 0) is 21.7 Å². The molecule has 0 bridgehead atoms. The summed E-state index contributed by atoms with van der Waals surface area (Å²) in [5, 5.41) is 0. The molecule has 0 fully saturated rings. The van der Waals surface area contributed by atoms with Gasteiger partial charge in [0.1, 0.15) is 0 Å². The van der Waals surface area contributed by atoms with Gasteiger partial charge in [0.15, 0.2) is 0 Å². The van der Waals surface area contributed by atoms with Crippen LogP contribution in [0.2, 0.25) is 0 Å². The van der Waals surface area contributed by atoms with Crippen molar-refractivity contribution in [3.63, 3.8) is 0 Å². The maximum Gasteiger partial charge on any atom is 4.00 e. The number of rotatable bonds is 0. The SMILES string of the molecule is [Br-].[CH2-]C(C)C.[CH2-]C(C)C.[CH2-]C(C)C.[Ti+4]. The molecule has 0 unspecified atom stereocenters. The van der Waals surface area contributed by atoms with Crippen molar-refractivity contribution in [2.24, 2.45) is 17.8 Å². The van der Waals surface area contributed by atoms with Gasteiger partial charge in [-0.25, -0.2) is 0 Å². The third kappa shape index (κ3) is 1380. The standard InChI is InChI=1S/3C4H9.BrH.Ti/c3*1-4(2)3;;/h3*4H,1H2,2-3H3;1H;/q3*-1;;+4/p-1. The Balaban J connectivity index is -0.0000000270. The molecule has 0 rings (SSSR count). The predicted molar refractivity (Wildman–Crippen MR) is 60.6 cm³/mol. The zero-order valence-corrected chi connectivity index (χ0v) is 13.9. The van der Waals surface area contributed by atoms with Crippen LogP contribution in [0.4, 0.5) is 0 Å². The minimum atomic E-state index is 0. The first kappa shape index (κ1) is 29.5. The maximum atomic E-state index is 3.64. The Labute approximate surface area is 118 Å². The molecule has 0 aliphatic carbocycles. The van der Waals surface area contributed by atoms with Crippen molar-refractivity contribution < 1.29 is 38.7 Å². The van der Waals surface area contributed by atoms with E-state index in [1.165, 1.54) is 0 Å². The van der Waals surface area contributed by atoms with E-state index in [2.05, 4.69) is 62.3 Å². The van der Waals surface area contributed by atoms with Gasteiger partial charge in [0, 0.05) is 0 Å².